The number of furan rings is 1. The maximum absolute atomic E-state index is 12.3. The molecule has 0 bridgehead atoms. The third-order valence-corrected chi connectivity index (χ3v) is 3.29. The van der Waals surface area contributed by atoms with Crippen LogP contribution in [0.4, 0.5) is 0 Å². The Hall–Kier alpha value is -1.94. The van der Waals surface area contributed by atoms with Gasteiger partial charge < -0.3 is 14.1 Å². The van der Waals surface area contributed by atoms with Gasteiger partial charge in [0.2, 0.25) is 0 Å². The summed E-state index contributed by atoms with van der Waals surface area (Å²) in [5.41, 5.74) is 0.958. The lowest BCUT2D eigenvalue weighted by atomic mass is 10.2. The number of benzene rings is 1. The Morgan fingerprint density at radius 3 is 2.71 bits per heavy atom. The van der Waals surface area contributed by atoms with E-state index >= 15 is 0 Å². The Bertz CT molecular complexity index is 609. The van der Waals surface area contributed by atoms with Gasteiger partial charge in [-0.1, -0.05) is 18.2 Å². The van der Waals surface area contributed by atoms with Gasteiger partial charge >= 0.3 is 0 Å². The molecule has 0 N–H and O–H groups in total. The lowest BCUT2D eigenvalue weighted by Gasteiger charge is -2.18. The summed E-state index contributed by atoms with van der Waals surface area (Å²) in [4.78, 5) is 13.9. The Kier molecular flexibility index (Phi) is 5.28. The molecule has 0 unspecified atom stereocenters. The topological polar surface area (TPSA) is 42.7 Å². The van der Waals surface area contributed by atoms with Crippen molar-refractivity contribution in [3.05, 3.63) is 53.5 Å². The molecule has 5 heteroatoms. The summed E-state index contributed by atoms with van der Waals surface area (Å²) in [5.74, 6) is 1.74. The van der Waals surface area contributed by atoms with Crippen LogP contribution in [-0.2, 0) is 12.4 Å². The molecule has 2 aromatic rings. The van der Waals surface area contributed by atoms with Gasteiger partial charge in [0, 0.05) is 19.2 Å². The summed E-state index contributed by atoms with van der Waals surface area (Å²) in [7, 11) is 1.73. The van der Waals surface area contributed by atoms with Gasteiger partial charge in [-0.2, -0.15) is 0 Å². The van der Waals surface area contributed by atoms with E-state index in [-0.39, 0.29) is 11.8 Å². The average Bonchev–Trinajstić information content (AvgIpc) is 2.97. The molecule has 0 atom stereocenters. The van der Waals surface area contributed by atoms with E-state index in [1.165, 1.54) is 0 Å². The van der Waals surface area contributed by atoms with E-state index in [4.69, 9.17) is 20.8 Å². The van der Waals surface area contributed by atoms with E-state index in [9.17, 15) is 4.79 Å². The monoisotopic (exact) mass is 307 g/mol. The molecule has 0 spiro atoms. The lowest BCUT2D eigenvalue weighted by Crippen LogP contribution is -2.26. The molecule has 1 aromatic carbocycles. The standard InChI is InChI=1S/C16H18ClNO3/c1-3-20-14-7-5-4-6-12(14)11-18(2)16(19)15-9-8-13(10-17)21-15/h4-9H,3,10-11H2,1-2H3. The molecule has 0 saturated carbocycles. The van der Waals surface area contributed by atoms with Crippen molar-refractivity contribution < 1.29 is 13.9 Å². The summed E-state index contributed by atoms with van der Waals surface area (Å²) in [6.45, 7) is 2.97. The fourth-order valence-electron chi connectivity index (χ4n) is 2.01. The van der Waals surface area contributed by atoms with Crippen molar-refractivity contribution >= 4 is 17.5 Å². The van der Waals surface area contributed by atoms with Gasteiger partial charge in [-0.15, -0.1) is 11.6 Å². The second-order valence-electron chi connectivity index (χ2n) is 4.60. The van der Waals surface area contributed by atoms with Crippen LogP contribution in [0.15, 0.2) is 40.8 Å². The van der Waals surface area contributed by atoms with Crippen LogP contribution in [0.3, 0.4) is 0 Å². The number of para-hydroxylation sites is 1. The van der Waals surface area contributed by atoms with Gasteiger partial charge in [-0.3, -0.25) is 4.79 Å². The fourth-order valence-corrected chi connectivity index (χ4v) is 2.15. The highest BCUT2D eigenvalue weighted by molar-refractivity contribution is 6.16. The highest BCUT2D eigenvalue weighted by Gasteiger charge is 2.17. The maximum Gasteiger partial charge on any atom is 0.289 e. The van der Waals surface area contributed by atoms with E-state index in [0.29, 0.717) is 24.7 Å². The van der Waals surface area contributed by atoms with Crippen LogP contribution in [-0.4, -0.2) is 24.5 Å². The molecule has 2 rings (SSSR count). The van der Waals surface area contributed by atoms with Gasteiger partial charge in [0.1, 0.15) is 11.5 Å². The molecule has 21 heavy (non-hydrogen) atoms. The van der Waals surface area contributed by atoms with Crippen molar-refractivity contribution in [2.75, 3.05) is 13.7 Å². The zero-order chi connectivity index (χ0) is 15.2. The Morgan fingerprint density at radius 1 is 1.29 bits per heavy atom. The third kappa shape index (κ3) is 3.79. The SMILES string of the molecule is CCOc1ccccc1CN(C)C(=O)c1ccc(CCl)o1. The van der Waals surface area contributed by atoms with Gasteiger partial charge in [-0.25, -0.2) is 0 Å². The number of hydrogen-bond acceptors (Lipinski definition) is 3. The first-order valence-corrected chi connectivity index (χ1v) is 7.30. The van der Waals surface area contributed by atoms with E-state index in [0.717, 1.165) is 11.3 Å². The lowest BCUT2D eigenvalue weighted by molar-refractivity contribution is 0.0751. The van der Waals surface area contributed by atoms with Gasteiger partial charge in [0.15, 0.2) is 5.76 Å². The molecule has 112 valence electrons. The second-order valence-corrected chi connectivity index (χ2v) is 4.87. The zero-order valence-corrected chi connectivity index (χ0v) is 12.9. The molecular formula is C16H18ClNO3. The highest BCUT2D eigenvalue weighted by atomic mass is 35.5. The van der Waals surface area contributed by atoms with Crippen LogP contribution < -0.4 is 4.74 Å². The largest absolute Gasteiger partial charge is 0.494 e. The number of carbonyl (C=O) groups is 1. The number of halogens is 1. The van der Waals surface area contributed by atoms with E-state index in [1.807, 2.05) is 31.2 Å². The summed E-state index contributed by atoms with van der Waals surface area (Å²) in [6, 6.07) is 11.0. The Balaban J connectivity index is 2.10. The number of ether oxygens (including phenoxy) is 1. The molecule has 0 aliphatic carbocycles. The average molecular weight is 308 g/mol. The van der Waals surface area contributed by atoms with Crippen LogP contribution in [0, 0.1) is 0 Å². The van der Waals surface area contributed by atoms with Crippen LogP contribution in [0.25, 0.3) is 0 Å². The third-order valence-electron chi connectivity index (χ3n) is 3.03. The number of rotatable bonds is 6. The molecule has 4 nitrogen and oxygen atoms in total. The predicted molar refractivity (Wildman–Crippen MR) is 81.7 cm³/mol. The van der Waals surface area contributed by atoms with Gasteiger partial charge in [-0.05, 0) is 25.1 Å². The Morgan fingerprint density at radius 2 is 2.05 bits per heavy atom. The first kappa shape index (κ1) is 15.4. The minimum Gasteiger partial charge on any atom is -0.494 e. The molecule has 0 aliphatic heterocycles. The molecule has 1 amide bonds. The minimum atomic E-state index is -0.183. The van der Waals surface area contributed by atoms with Crippen molar-refractivity contribution in [2.45, 2.75) is 19.3 Å². The van der Waals surface area contributed by atoms with E-state index in [2.05, 4.69) is 0 Å². The smallest absolute Gasteiger partial charge is 0.289 e. The molecule has 1 heterocycles. The molecule has 0 aliphatic rings. The van der Waals surface area contributed by atoms with Crippen LogP contribution in [0.2, 0.25) is 0 Å². The summed E-state index contributed by atoms with van der Waals surface area (Å²) >= 11 is 5.67. The van der Waals surface area contributed by atoms with Crippen molar-refractivity contribution in [3.63, 3.8) is 0 Å². The van der Waals surface area contributed by atoms with Crippen LogP contribution >= 0.6 is 11.6 Å². The molecule has 0 saturated heterocycles. The van der Waals surface area contributed by atoms with Crippen molar-refractivity contribution in [1.29, 1.82) is 0 Å². The number of nitrogens with zero attached hydrogens (tertiary/aromatic N) is 1. The number of carbonyl (C=O) groups excluding carboxylic acids is 1. The summed E-state index contributed by atoms with van der Waals surface area (Å²) in [6.07, 6.45) is 0. The highest BCUT2D eigenvalue weighted by Crippen LogP contribution is 2.20. The molecule has 1 aromatic heterocycles. The first-order chi connectivity index (χ1) is 10.2. The molecule has 0 fully saturated rings. The Labute approximate surface area is 129 Å². The van der Waals surface area contributed by atoms with Crippen LogP contribution in [0.5, 0.6) is 5.75 Å². The maximum atomic E-state index is 12.3. The number of hydrogen-bond donors (Lipinski definition) is 0. The van der Waals surface area contributed by atoms with E-state index in [1.54, 1.807) is 24.1 Å². The zero-order valence-electron chi connectivity index (χ0n) is 12.1. The molecular weight excluding hydrogens is 290 g/mol. The normalized spacial score (nSPS) is 10.4. The number of alkyl halides is 1. The van der Waals surface area contributed by atoms with Crippen LogP contribution in [0.1, 0.15) is 28.8 Å². The summed E-state index contributed by atoms with van der Waals surface area (Å²) in [5, 5.41) is 0. The summed E-state index contributed by atoms with van der Waals surface area (Å²) < 4.78 is 10.9. The van der Waals surface area contributed by atoms with E-state index < -0.39 is 0 Å². The van der Waals surface area contributed by atoms with Gasteiger partial charge in [0.05, 0.1) is 12.5 Å². The van der Waals surface area contributed by atoms with Gasteiger partial charge in [0.25, 0.3) is 5.91 Å². The number of amides is 1. The molecule has 0 radical (unpaired) electrons. The van der Waals surface area contributed by atoms with Crippen molar-refractivity contribution in [3.8, 4) is 5.75 Å². The fraction of sp³-hybridized carbons (Fsp3) is 0.312. The minimum absolute atomic E-state index is 0.183. The quantitative estimate of drug-likeness (QED) is 0.764. The van der Waals surface area contributed by atoms with Crippen molar-refractivity contribution in [1.82, 2.24) is 4.90 Å². The second kappa shape index (κ2) is 7.18. The predicted octanol–water partition coefficient (Wildman–Crippen LogP) is 3.69. The van der Waals surface area contributed by atoms with Crippen molar-refractivity contribution in [2.24, 2.45) is 0 Å². The first-order valence-electron chi connectivity index (χ1n) is 6.76.